The topological polar surface area (TPSA) is 36.4 Å². The standard InChI is InChI=1S/C10H18N2OS/c1-8(2)12(5-9(3)13)6-10-4-11-7-14-10/h4,7-9,13H,5-6H2,1-3H3. The summed E-state index contributed by atoms with van der Waals surface area (Å²) >= 11 is 1.66. The van der Waals surface area contributed by atoms with Gasteiger partial charge in [-0.3, -0.25) is 9.88 Å². The Hall–Kier alpha value is -0.450. The highest BCUT2D eigenvalue weighted by molar-refractivity contribution is 7.09. The summed E-state index contributed by atoms with van der Waals surface area (Å²) in [5.41, 5.74) is 1.84. The molecule has 3 nitrogen and oxygen atoms in total. The van der Waals surface area contributed by atoms with Gasteiger partial charge in [0.05, 0.1) is 11.6 Å². The molecule has 0 saturated carbocycles. The van der Waals surface area contributed by atoms with Crippen molar-refractivity contribution in [2.75, 3.05) is 6.54 Å². The Morgan fingerprint density at radius 3 is 2.64 bits per heavy atom. The summed E-state index contributed by atoms with van der Waals surface area (Å²) in [4.78, 5) is 7.54. The van der Waals surface area contributed by atoms with Crippen molar-refractivity contribution < 1.29 is 5.11 Å². The maximum absolute atomic E-state index is 9.35. The number of thiazole rings is 1. The molecule has 1 aromatic rings. The third kappa shape index (κ3) is 3.74. The first-order chi connectivity index (χ1) is 6.59. The molecule has 80 valence electrons. The summed E-state index contributed by atoms with van der Waals surface area (Å²) < 4.78 is 0. The highest BCUT2D eigenvalue weighted by atomic mass is 32.1. The molecule has 0 spiro atoms. The van der Waals surface area contributed by atoms with E-state index >= 15 is 0 Å². The maximum atomic E-state index is 9.35. The molecule has 1 heterocycles. The first-order valence-electron chi connectivity index (χ1n) is 4.89. The van der Waals surface area contributed by atoms with E-state index in [0.717, 1.165) is 13.1 Å². The number of rotatable bonds is 5. The van der Waals surface area contributed by atoms with Gasteiger partial charge in [0.15, 0.2) is 0 Å². The number of nitrogens with zero attached hydrogens (tertiary/aromatic N) is 2. The van der Waals surface area contributed by atoms with Crippen LogP contribution in [0.2, 0.25) is 0 Å². The molecule has 0 aromatic carbocycles. The van der Waals surface area contributed by atoms with Gasteiger partial charge in [-0.15, -0.1) is 11.3 Å². The van der Waals surface area contributed by atoms with Crippen molar-refractivity contribution in [1.29, 1.82) is 0 Å². The van der Waals surface area contributed by atoms with Crippen LogP contribution in [0.5, 0.6) is 0 Å². The molecule has 0 fully saturated rings. The molecular weight excluding hydrogens is 196 g/mol. The smallest absolute Gasteiger partial charge is 0.0794 e. The molecule has 0 aliphatic heterocycles. The van der Waals surface area contributed by atoms with Crippen LogP contribution in [0.15, 0.2) is 11.7 Å². The number of aromatic nitrogens is 1. The average Bonchev–Trinajstić information content (AvgIpc) is 2.54. The van der Waals surface area contributed by atoms with Crippen LogP contribution in [-0.4, -0.2) is 33.7 Å². The van der Waals surface area contributed by atoms with Crippen molar-refractivity contribution >= 4 is 11.3 Å². The highest BCUT2D eigenvalue weighted by Gasteiger charge is 2.12. The van der Waals surface area contributed by atoms with E-state index in [4.69, 9.17) is 0 Å². The van der Waals surface area contributed by atoms with Gasteiger partial charge in [-0.25, -0.2) is 0 Å². The first kappa shape index (κ1) is 11.6. The second-order valence-corrected chi connectivity index (χ2v) is 4.81. The molecule has 0 amide bonds. The molecule has 1 rings (SSSR count). The number of aliphatic hydroxyl groups is 1. The lowest BCUT2D eigenvalue weighted by Gasteiger charge is -2.26. The van der Waals surface area contributed by atoms with Crippen molar-refractivity contribution in [2.45, 2.75) is 39.5 Å². The van der Waals surface area contributed by atoms with Crippen molar-refractivity contribution in [3.63, 3.8) is 0 Å². The van der Waals surface area contributed by atoms with E-state index < -0.39 is 0 Å². The minimum absolute atomic E-state index is 0.273. The third-order valence-corrected chi connectivity index (χ3v) is 2.84. The predicted octanol–water partition coefficient (Wildman–Crippen LogP) is 1.73. The molecule has 0 bridgehead atoms. The van der Waals surface area contributed by atoms with E-state index in [9.17, 15) is 5.11 Å². The summed E-state index contributed by atoms with van der Waals surface area (Å²) in [5, 5.41) is 9.35. The zero-order valence-corrected chi connectivity index (χ0v) is 9.79. The lowest BCUT2D eigenvalue weighted by molar-refractivity contribution is 0.103. The van der Waals surface area contributed by atoms with Gasteiger partial charge in [-0.1, -0.05) is 0 Å². The molecule has 1 aromatic heterocycles. The molecule has 0 radical (unpaired) electrons. The predicted molar refractivity (Wildman–Crippen MR) is 59.3 cm³/mol. The second kappa shape index (κ2) is 5.44. The van der Waals surface area contributed by atoms with Gasteiger partial charge in [-0.2, -0.15) is 0 Å². The molecular formula is C10H18N2OS. The summed E-state index contributed by atoms with van der Waals surface area (Å²) in [7, 11) is 0. The highest BCUT2D eigenvalue weighted by Crippen LogP contribution is 2.12. The Morgan fingerprint density at radius 1 is 1.50 bits per heavy atom. The minimum atomic E-state index is -0.273. The van der Waals surface area contributed by atoms with Crippen LogP contribution in [0.4, 0.5) is 0 Å². The number of hydrogen-bond acceptors (Lipinski definition) is 4. The maximum Gasteiger partial charge on any atom is 0.0794 e. The van der Waals surface area contributed by atoms with Crippen LogP contribution >= 0.6 is 11.3 Å². The van der Waals surface area contributed by atoms with E-state index in [-0.39, 0.29) is 6.10 Å². The molecule has 1 N–H and O–H groups in total. The van der Waals surface area contributed by atoms with Crippen LogP contribution in [0.1, 0.15) is 25.6 Å². The van der Waals surface area contributed by atoms with E-state index in [0.29, 0.717) is 6.04 Å². The van der Waals surface area contributed by atoms with Crippen molar-refractivity contribution in [2.24, 2.45) is 0 Å². The fourth-order valence-electron chi connectivity index (χ4n) is 1.32. The Balaban J connectivity index is 2.51. The average molecular weight is 214 g/mol. The molecule has 14 heavy (non-hydrogen) atoms. The molecule has 0 aliphatic rings. The Kier molecular flexibility index (Phi) is 4.51. The van der Waals surface area contributed by atoms with Gasteiger partial charge in [0.2, 0.25) is 0 Å². The summed E-state index contributed by atoms with van der Waals surface area (Å²) in [5.74, 6) is 0. The van der Waals surface area contributed by atoms with E-state index in [1.807, 2.05) is 18.6 Å². The fourth-order valence-corrected chi connectivity index (χ4v) is 1.94. The number of hydrogen-bond donors (Lipinski definition) is 1. The van der Waals surface area contributed by atoms with Crippen LogP contribution in [-0.2, 0) is 6.54 Å². The van der Waals surface area contributed by atoms with Crippen LogP contribution in [0.25, 0.3) is 0 Å². The monoisotopic (exact) mass is 214 g/mol. The quantitative estimate of drug-likeness (QED) is 0.811. The SMILES string of the molecule is CC(O)CN(Cc1cncs1)C(C)C. The summed E-state index contributed by atoms with van der Waals surface area (Å²) in [6.45, 7) is 7.71. The van der Waals surface area contributed by atoms with Crippen LogP contribution in [0.3, 0.4) is 0 Å². The lowest BCUT2D eigenvalue weighted by atomic mass is 10.2. The molecule has 1 atom stereocenters. The van der Waals surface area contributed by atoms with Crippen molar-refractivity contribution in [3.05, 3.63) is 16.6 Å². The minimum Gasteiger partial charge on any atom is -0.392 e. The second-order valence-electron chi connectivity index (χ2n) is 3.84. The fraction of sp³-hybridized carbons (Fsp3) is 0.700. The van der Waals surface area contributed by atoms with Gasteiger partial charge >= 0.3 is 0 Å². The van der Waals surface area contributed by atoms with E-state index in [1.165, 1.54) is 4.88 Å². The molecule has 1 unspecified atom stereocenters. The van der Waals surface area contributed by atoms with Gasteiger partial charge in [0.25, 0.3) is 0 Å². The third-order valence-electron chi connectivity index (χ3n) is 2.07. The largest absolute Gasteiger partial charge is 0.392 e. The lowest BCUT2D eigenvalue weighted by Crippen LogP contribution is -2.35. The summed E-state index contributed by atoms with van der Waals surface area (Å²) in [6.07, 6.45) is 1.62. The normalized spacial score (nSPS) is 13.9. The molecule has 0 aliphatic carbocycles. The zero-order valence-electron chi connectivity index (χ0n) is 8.97. The Labute approximate surface area is 89.4 Å². The van der Waals surface area contributed by atoms with Gasteiger partial charge < -0.3 is 5.11 Å². The van der Waals surface area contributed by atoms with Gasteiger partial charge in [-0.05, 0) is 20.8 Å². The number of aliphatic hydroxyl groups excluding tert-OH is 1. The molecule has 4 heteroatoms. The van der Waals surface area contributed by atoms with Gasteiger partial charge in [0, 0.05) is 30.2 Å². The van der Waals surface area contributed by atoms with Crippen LogP contribution < -0.4 is 0 Å². The van der Waals surface area contributed by atoms with E-state index in [1.54, 1.807) is 11.3 Å². The van der Waals surface area contributed by atoms with Crippen LogP contribution in [0, 0.1) is 0 Å². The molecule has 0 saturated heterocycles. The van der Waals surface area contributed by atoms with Crippen molar-refractivity contribution in [1.82, 2.24) is 9.88 Å². The van der Waals surface area contributed by atoms with Crippen molar-refractivity contribution in [3.8, 4) is 0 Å². The summed E-state index contributed by atoms with van der Waals surface area (Å²) in [6, 6.07) is 0.451. The van der Waals surface area contributed by atoms with Gasteiger partial charge in [0.1, 0.15) is 0 Å². The Morgan fingerprint density at radius 2 is 2.21 bits per heavy atom. The first-order valence-corrected chi connectivity index (χ1v) is 5.77. The zero-order chi connectivity index (χ0) is 10.6. The van der Waals surface area contributed by atoms with E-state index in [2.05, 4.69) is 23.7 Å². The Bertz CT molecular complexity index is 247.